The summed E-state index contributed by atoms with van der Waals surface area (Å²) < 4.78 is 10.2. The second-order valence-electron chi connectivity index (χ2n) is 3.91. The van der Waals surface area contributed by atoms with Crippen molar-refractivity contribution >= 4 is 6.09 Å². The highest BCUT2D eigenvalue weighted by atomic mass is 16.6. The van der Waals surface area contributed by atoms with E-state index in [1.807, 2.05) is 24.3 Å². The first kappa shape index (κ1) is 11.7. The predicted octanol–water partition coefficient (Wildman–Crippen LogP) is 0.975. The molecule has 1 amide bonds. The quantitative estimate of drug-likeness (QED) is 0.846. The maximum atomic E-state index is 11.6. The number of carbonyl (C=O) groups is 1. The van der Waals surface area contributed by atoms with Crippen molar-refractivity contribution in [2.75, 3.05) is 20.3 Å². The monoisotopic (exact) mass is 236 g/mol. The number of cyclic esters (lactones) is 1. The summed E-state index contributed by atoms with van der Waals surface area (Å²) >= 11 is 0. The number of benzene rings is 1. The highest BCUT2D eigenvalue weighted by molar-refractivity contribution is 5.70. The zero-order valence-electron chi connectivity index (χ0n) is 9.76. The summed E-state index contributed by atoms with van der Waals surface area (Å²) in [5.74, 6) is 0.767. The maximum absolute atomic E-state index is 11.6. The number of rotatable bonds is 4. The molecule has 0 aliphatic carbocycles. The lowest BCUT2D eigenvalue weighted by atomic mass is 10.1. The third-order valence-corrected chi connectivity index (χ3v) is 2.88. The van der Waals surface area contributed by atoms with Crippen LogP contribution in [0, 0.1) is 0 Å². The van der Waals surface area contributed by atoms with E-state index in [-0.39, 0.29) is 12.1 Å². The molecule has 0 saturated carbocycles. The van der Waals surface area contributed by atoms with Gasteiger partial charge < -0.3 is 15.2 Å². The molecule has 2 N–H and O–H groups in total. The summed E-state index contributed by atoms with van der Waals surface area (Å²) in [6.45, 7) is 1.23. The van der Waals surface area contributed by atoms with Crippen LogP contribution in [0.15, 0.2) is 24.3 Å². The normalized spacial score (nSPS) is 19.3. The molecular weight excluding hydrogens is 220 g/mol. The molecule has 2 rings (SSSR count). The van der Waals surface area contributed by atoms with Gasteiger partial charge in [0, 0.05) is 12.1 Å². The van der Waals surface area contributed by atoms with E-state index in [0.29, 0.717) is 19.7 Å². The highest BCUT2D eigenvalue weighted by Crippen LogP contribution is 2.22. The Kier molecular flexibility index (Phi) is 3.49. The van der Waals surface area contributed by atoms with E-state index >= 15 is 0 Å². The molecule has 5 heteroatoms. The molecule has 0 aromatic heterocycles. The van der Waals surface area contributed by atoms with Crippen molar-refractivity contribution in [3.63, 3.8) is 0 Å². The molecule has 1 aliphatic heterocycles. The molecule has 1 heterocycles. The zero-order valence-corrected chi connectivity index (χ0v) is 9.76. The van der Waals surface area contributed by atoms with E-state index in [9.17, 15) is 4.79 Å². The molecule has 92 valence electrons. The second-order valence-corrected chi connectivity index (χ2v) is 3.91. The molecule has 17 heavy (non-hydrogen) atoms. The Hall–Kier alpha value is -1.75. The number of methoxy groups -OCH3 is 1. The van der Waals surface area contributed by atoms with Gasteiger partial charge in [-0.1, -0.05) is 18.2 Å². The van der Waals surface area contributed by atoms with E-state index in [2.05, 4.69) is 0 Å². The highest BCUT2D eigenvalue weighted by Gasteiger charge is 2.32. The van der Waals surface area contributed by atoms with Crippen LogP contribution in [0.2, 0.25) is 0 Å². The van der Waals surface area contributed by atoms with Gasteiger partial charge in [0.05, 0.1) is 19.7 Å². The van der Waals surface area contributed by atoms with Gasteiger partial charge in [0.15, 0.2) is 0 Å². The van der Waals surface area contributed by atoms with Gasteiger partial charge in [-0.15, -0.1) is 0 Å². The molecule has 1 unspecified atom stereocenters. The van der Waals surface area contributed by atoms with Crippen molar-refractivity contribution in [1.82, 2.24) is 4.90 Å². The van der Waals surface area contributed by atoms with Crippen molar-refractivity contribution in [3.8, 4) is 5.75 Å². The van der Waals surface area contributed by atoms with E-state index in [1.165, 1.54) is 0 Å². The fourth-order valence-electron chi connectivity index (χ4n) is 1.90. The van der Waals surface area contributed by atoms with Crippen molar-refractivity contribution in [1.29, 1.82) is 0 Å². The number of amides is 1. The number of hydrogen-bond donors (Lipinski definition) is 1. The van der Waals surface area contributed by atoms with E-state index in [0.717, 1.165) is 11.3 Å². The zero-order chi connectivity index (χ0) is 12.3. The molecule has 0 bridgehead atoms. The fourth-order valence-corrected chi connectivity index (χ4v) is 1.90. The molecule has 0 spiro atoms. The summed E-state index contributed by atoms with van der Waals surface area (Å²) in [6.07, 6.45) is -0.314. The smallest absolute Gasteiger partial charge is 0.410 e. The summed E-state index contributed by atoms with van der Waals surface area (Å²) in [6, 6.07) is 7.56. The number of nitrogens with two attached hydrogens (primary N) is 1. The van der Waals surface area contributed by atoms with E-state index < -0.39 is 0 Å². The molecule has 1 fully saturated rings. The maximum Gasteiger partial charge on any atom is 0.410 e. The van der Waals surface area contributed by atoms with Crippen molar-refractivity contribution in [2.45, 2.75) is 12.6 Å². The molecule has 1 aromatic rings. The lowest BCUT2D eigenvalue weighted by Crippen LogP contribution is -2.38. The minimum Gasteiger partial charge on any atom is -0.496 e. The summed E-state index contributed by atoms with van der Waals surface area (Å²) in [5, 5.41) is 0. The molecule has 5 nitrogen and oxygen atoms in total. The Balaban J connectivity index is 2.16. The van der Waals surface area contributed by atoms with E-state index in [1.54, 1.807) is 12.0 Å². The van der Waals surface area contributed by atoms with Crippen LogP contribution in [0.4, 0.5) is 4.79 Å². The molecule has 0 radical (unpaired) electrons. The van der Waals surface area contributed by atoms with Crippen molar-refractivity contribution in [3.05, 3.63) is 29.8 Å². The molecular formula is C12H16N2O3. The Labute approximate surface area is 100 Å². The third-order valence-electron chi connectivity index (χ3n) is 2.88. The average Bonchev–Trinajstić information content (AvgIpc) is 2.71. The fraction of sp³-hybridized carbons (Fsp3) is 0.417. The standard InChI is InChI=1S/C12H16N2O3/c1-16-11-5-3-2-4-9(11)7-14-10(6-13)8-17-12(14)15/h2-5,10H,6-8,13H2,1H3. The molecule has 1 aliphatic rings. The van der Waals surface area contributed by atoms with Crippen molar-refractivity contribution < 1.29 is 14.3 Å². The Morgan fingerprint density at radius 2 is 2.29 bits per heavy atom. The van der Waals surface area contributed by atoms with Gasteiger partial charge in [-0.3, -0.25) is 4.90 Å². The van der Waals surface area contributed by atoms with Crippen LogP contribution in [0.25, 0.3) is 0 Å². The second kappa shape index (κ2) is 5.05. The molecule has 1 aromatic carbocycles. The van der Waals surface area contributed by atoms with Crippen LogP contribution in [0.3, 0.4) is 0 Å². The summed E-state index contributed by atoms with van der Waals surface area (Å²) in [5.41, 5.74) is 6.56. The number of hydrogen-bond acceptors (Lipinski definition) is 4. The molecule has 1 saturated heterocycles. The van der Waals surface area contributed by atoms with Gasteiger partial charge in [-0.05, 0) is 6.07 Å². The van der Waals surface area contributed by atoms with Crippen LogP contribution < -0.4 is 10.5 Å². The topological polar surface area (TPSA) is 64.8 Å². The third kappa shape index (κ3) is 2.34. The largest absolute Gasteiger partial charge is 0.496 e. The number of para-hydroxylation sites is 1. The number of carbonyl (C=O) groups excluding carboxylic acids is 1. The number of ether oxygens (including phenoxy) is 2. The van der Waals surface area contributed by atoms with Gasteiger partial charge >= 0.3 is 6.09 Å². The van der Waals surface area contributed by atoms with Crippen molar-refractivity contribution in [2.24, 2.45) is 5.73 Å². The molecule has 1 atom stereocenters. The van der Waals surface area contributed by atoms with Crippen LogP contribution in [-0.4, -0.2) is 37.3 Å². The van der Waals surface area contributed by atoms with Crippen LogP contribution in [0.5, 0.6) is 5.75 Å². The average molecular weight is 236 g/mol. The summed E-state index contributed by atoms with van der Waals surface area (Å²) in [4.78, 5) is 13.2. The van der Waals surface area contributed by atoms with Crippen LogP contribution >= 0.6 is 0 Å². The van der Waals surface area contributed by atoms with Crippen LogP contribution in [-0.2, 0) is 11.3 Å². The minimum absolute atomic E-state index is 0.0487. The Morgan fingerprint density at radius 1 is 1.53 bits per heavy atom. The first-order chi connectivity index (χ1) is 8.26. The van der Waals surface area contributed by atoms with Crippen LogP contribution in [0.1, 0.15) is 5.56 Å². The van der Waals surface area contributed by atoms with Gasteiger partial charge in [-0.25, -0.2) is 4.79 Å². The van der Waals surface area contributed by atoms with Gasteiger partial charge in [-0.2, -0.15) is 0 Å². The first-order valence-corrected chi connectivity index (χ1v) is 5.51. The lowest BCUT2D eigenvalue weighted by molar-refractivity contribution is 0.156. The Bertz CT molecular complexity index is 408. The predicted molar refractivity (Wildman–Crippen MR) is 62.7 cm³/mol. The van der Waals surface area contributed by atoms with Gasteiger partial charge in [0.25, 0.3) is 0 Å². The lowest BCUT2D eigenvalue weighted by Gasteiger charge is -2.21. The minimum atomic E-state index is -0.314. The Morgan fingerprint density at radius 3 is 3.00 bits per heavy atom. The number of nitrogens with zero attached hydrogens (tertiary/aromatic N) is 1. The summed E-state index contributed by atoms with van der Waals surface area (Å²) in [7, 11) is 1.61. The van der Waals surface area contributed by atoms with Gasteiger partial charge in [0.2, 0.25) is 0 Å². The SMILES string of the molecule is COc1ccccc1CN1C(=O)OCC1CN. The first-order valence-electron chi connectivity index (χ1n) is 5.51. The van der Waals surface area contributed by atoms with Gasteiger partial charge in [0.1, 0.15) is 12.4 Å². The van der Waals surface area contributed by atoms with E-state index in [4.69, 9.17) is 15.2 Å².